The minimum Gasteiger partial charge on any atom is -0.493 e. The maximum absolute atomic E-state index is 12.1. The van der Waals surface area contributed by atoms with Crippen molar-refractivity contribution in [1.29, 1.82) is 0 Å². The predicted molar refractivity (Wildman–Crippen MR) is 97.4 cm³/mol. The van der Waals surface area contributed by atoms with Crippen molar-refractivity contribution < 1.29 is 14.3 Å². The van der Waals surface area contributed by atoms with E-state index in [2.05, 4.69) is 15.2 Å². The molecule has 0 unspecified atom stereocenters. The Balaban J connectivity index is 1.52. The van der Waals surface area contributed by atoms with Crippen LogP contribution < -0.4 is 19.7 Å². The van der Waals surface area contributed by atoms with E-state index in [1.165, 1.54) is 19.3 Å². The third-order valence-electron chi connectivity index (χ3n) is 4.14. The quantitative estimate of drug-likeness (QED) is 0.875. The second kappa shape index (κ2) is 8.37. The Hall–Kier alpha value is -2.76. The molecule has 1 N–H and O–H groups in total. The highest BCUT2D eigenvalue weighted by Crippen LogP contribution is 2.25. The van der Waals surface area contributed by atoms with E-state index in [0.29, 0.717) is 17.2 Å². The molecule has 0 atom stereocenters. The number of nitrogens with one attached hydrogen (secondary N) is 1. The number of para-hydroxylation sites is 2. The first-order chi connectivity index (χ1) is 12.3. The first-order valence-electron chi connectivity index (χ1n) is 8.53. The van der Waals surface area contributed by atoms with Gasteiger partial charge in [0.2, 0.25) is 0 Å². The lowest BCUT2D eigenvalue weighted by Crippen LogP contribution is -2.30. The molecule has 1 aromatic carbocycles. The van der Waals surface area contributed by atoms with Gasteiger partial charge in [0.25, 0.3) is 5.91 Å². The molecule has 132 valence electrons. The number of rotatable bonds is 6. The summed E-state index contributed by atoms with van der Waals surface area (Å²) in [6.45, 7) is 2.01. The molecule has 1 fully saturated rings. The van der Waals surface area contributed by atoms with Crippen molar-refractivity contribution in [2.45, 2.75) is 19.3 Å². The molecule has 1 aromatic heterocycles. The molecule has 3 rings (SSSR count). The summed E-state index contributed by atoms with van der Waals surface area (Å²) in [4.78, 5) is 18.8. The van der Waals surface area contributed by atoms with Crippen LogP contribution in [-0.2, 0) is 4.79 Å². The number of aromatic nitrogens is 1. The molecule has 2 aromatic rings. The number of carbonyl (C=O) groups is 1. The fraction of sp³-hybridized carbons (Fsp3) is 0.368. The van der Waals surface area contributed by atoms with Gasteiger partial charge in [-0.3, -0.25) is 4.79 Å². The van der Waals surface area contributed by atoms with Gasteiger partial charge >= 0.3 is 0 Å². The number of nitrogens with zero attached hydrogens (tertiary/aromatic N) is 2. The monoisotopic (exact) mass is 341 g/mol. The number of hydrogen-bond donors (Lipinski definition) is 1. The van der Waals surface area contributed by atoms with Crippen LogP contribution in [-0.4, -0.2) is 37.7 Å². The molecule has 0 saturated carbocycles. The van der Waals surface area contributed by atoms with Crippen LogP contribution in [0.3, 0.4) is 0 Å². The third-order valence-corrected chi connectivity index (χ3v) is 4.14. The highest BCUT2D eigenvalue weighted by molar-refractivity contribution is 5.91. The summed E-state index contributed by atoms with van der Waals surface area (Å²) >= 11 is 0. The maximum Gasteiger partial charge on any atom is 0.262 e. The fourth-order valence-corrected chi connectivity index (χ4v) is 2.85. The Kier molecular flexibility index (Phi) is 5.72. The molecular formula is C19H23N3O3. The van der Waals surface area contributed by atoms with Crippen molar-refractivity contribution in [3.8, 4) is 11.5 Å². The van der Waals surface area contributed by atoms with Crippen molar-refractivity contribution in [1.82, 2.24) is 4.98 Å². The molecule has 1 aliphatic heterocycles. The summed E-state index contributed by atoms with van der Waals surface area (Å²) in [7, 11) is 1.57. The first-order valence-corrected chi connectivity index (χ1v) is 8.53. The normalized spacial score (nSPS) is 14.0. The van der Waals surface area contributed by atoms with Gasteiger partial charge < -0.3 is 19.7 Å². The lowest BCUT2D eigenvalue weighted by molar-refractivity contribution is -0.118. The van der Waals surface area contributed by atoms with Crippen LogP contribution in [0.1, 0.15) is 19.3 Å². The molecule has 0 aliphatic carbocycles. The maximum atomic E-state index is 12.1. The van der Waals surface area contributed by atoms with Crippen LogP contribution in [0, 0.1) is 0 Å². The van der Waals surface area contributed by atoms with Crippen LogP contribution in [0.5, 0.6) is 11.5 Å². The number of methoxy groups -OCH3 is 1. The predicted octanol–water partition coefficient (Wildman–Crippen LogP) is 3.10. The SMILES string of the molecule is COc1ccccc1OCC(=O)Nc1ccc(N2CCCCC2)nc1. The topological polar surface area (TPSA) is 63.7 Å². The summed E-state index contributed by atoms with van der Waals surface area (Å²) in [5, 5.41) is 2.79. The minimum absolute atomic E-state index is 0.0890. The fourth-order valence-electron chi connectivity index (χ4n) is 2.85. The largest absolute Gasteiger partial charge is 0.493 e. The number of amides is 1. The second-order valence-electron chi connectivity index (χ2n) is 5.94. The Bertz CT molecular complexity index is 697. The van der Waals surface area contributed by atoms with Crippen molar-refractivity contribution in [2.75, 3.05) is 37.0 Å². The molecule has 0 spiro atoms. The molecule has 6 nitrogen and oxygen atoms in total. The van der Waals surface area contributed by atoms with E-state index in [-0.39, 0.29) is 12.5 Å². The Morgan fingerprint density at radius 1 is 1.12 bits per heavy atom. The van der Waals surface area contributed by atoms with Crippen molar-refractivity contribution in [3.63, 3.8) is 0 Å². The van der Waals surface area contributed by atoms with Crippen molar-refractivity contribution >= 4 is 17.4 Å². The first kappa shape index (κ1) is 17.1. The molecular weight excluding hydrogens is 318 g/mol. The zero-order valence-electron chi connectivity index (χ0n) is 14.4. The molecule has 2 heterocycles. The average molecular weight is 341 g/mol. The number of piperidine rings is 1. The van der Waals surface area contributed by atoms with Crippen molar-refractivity contribution in [3.05, 3.63) is 42.6 Å². The molecule has 1 saturated heterocycles. The van der Waals surface area contributed by atoms with Crippen LogP contribution in [0.25, 0.3) is 0 Å². The van der Waals surface area contributed by atoms with E-state index in [4.69, 9.17) is 9.47 Å². The van der Waals surface area contributed by atoms with Gasteiger partial charge in [0.15, 0.2) is 18.1 Å². The zero-order chi connectivity index (χ0) is 17.5. The van der Waals surface area contributed by atoms with Crippen LogP contribution in [0.4, 0.5) is 11.5 Å². The van der Waals surface area contributed by atoms with Crippen LogP contribution in [0.15, 0.2) is 42.6 Å². The van der Waals surface area contributed by atoms with E-state index >= 15 is 0 Å². The van der Waals surface area contributed by atoms with Gasteiger partial charge in [0.05, 0.1) is 19.0 Å². The lowest BCUT2D eigenvalue weighted by Gasteiger charge is -2.27. The van der Waals surface area contributed by atoms with Crippen molar-refractivity contribution in [2.24, 2.45) is 0 Å². The standard InChI is InChI=1S/C19H23N3O3/c1-24-16-7-3-4-8-17(16)25-14-19(23)21-15-9-10-18(20-13-15)22-11-5-2-6-12-22/h3-4,7-10,13H,2,5-6,11-12,14H2,1H3,(H,21,23). The Morgan fingerprint density at radius 2 is 1.88 bits per heavy atom. The lowest BCUT2D eigenvalue weighted by atomic mass is 10.1. The number of anilines is 2. The summed E-state index contributed by atoms with van der Waals surface area (Å²) in [6.07, 6.45) is 5.39. The zero-order valence-corrected chi connectivity index (χ0v) is 14.4. The van der Waals surface area contributed by atoms with Gasteiger partial charge in [-0.05, 0) is 43.5 Å². The van der Waals surface area contributed by atoms with E-state index in [0.717, 1.165) is 18.9 Å². The van der Waals surface area contributed by atoms with E-state index in [1.807, 2.05) is 24.3 Å². The molecule has 25 heavy (non-hydrogen) atoms. The highest BCUT2D eigenvalue weighted by Gasteiger charge is 2.12. The number of benzene rings is 1. The van der Waals surface area contributed by atoms with E-state index in [1.54, 1.807) is 25.4 Å². The van der Waals surface area contributed by atoms with E-state index < -0.39 is 0 Å². The second-order valence-corrected chi connectivity index (χ2v) is 5.94. The van der Waals surface area contributed by atoms with Gasteiger partial charge in [-0.2, -0.15) is 0 Å². The van der Waals surface area contributed by atoms with Gasteiger partial charge in [-0.1, -0.05) is 12.1 Å². The Labute approximate surface area is 147 Å². The summed E-state index contributed by atoms with van der Waals surface area (Å²) < 4.78 is 10.7. The molecule has 0 radical (unpaired) electrons. The molecule has 1 amide bonds. The molecule has 1 aliphatic rings. The van der Waals surface area contributed by atoms with Crippen LogP contribution in [0.2, 0.25) is 0 Å². The Morgan fingerprint density at radius 3 is 2.56 bits per heavy atom. The molecule has 0 bridgehead atoms. The number of hydrogen-bond acceptors (Lipinski definition) is 5. The summed E-state index contributed by atoms with van der Waals surface area (Å²) in [6, 6.07) is 11.1. The summed E-state index contributed by atoms with van der Waals surface area (Å²) in [5.74, 6) is 1.86. The van der Waals surface area contributed by atoms with Crippen LogP contribution >= 0.6 is 0 Å². The minimum atomic E-state index is -0.238. The third kappa shape index (κ3) is 4.62. The van der Waals surface area contributed by atoms with E-state index in [9.17, 15) is 4.79 Å². The number of carbonyl (C=O) groups excluding carboxylic acids is 1. The smallest absolute Gasteiger partial charge is 0.262 e. The van der Waals surface area contributed by atoms with Gasteiger partial charge in [0, 0.05) is 13.1 Å². The molecule has 6 heteroatoms. The summed E-state index contributed by atoms with van der Waals surface area (Å²) in [5.41, 5.74) is 0.661. The number of pyridine rings is 1. The van der Waals surface area contributed by atoms with Gasteiger partial charge in [0.1, 0.15) is 5.82 Å². The average Bonchev–Trinajstić information content (AvgIpc) is 2.68. The van der Waals surface area contributed by atoms with Gasteiger partial charge in [-0.15, -0.1) is 0 Å². The number of ether oxygens (including phenoxy) is 2. The highest BCUT2D eigenvalue weighted by atomic mass is 16.5. The van der Waals surface area contributed by atoms with Gasteiger partial charge in [-0.25, -0.2) is 4.98 Å².